The molecule has 68 heavy (non-hydrogen) atoms. The molecule has 1 amide bonds. The number of nitro groups is 3. The van der Waals surface area contributed by atoms with Gasteiger partial charge in [-0.05, 0) is 109 Å². The number of benzene rings is 4. The van der Waals surface area contributed by atoms with Crippen LogP contribution in [0.5, 0.6) is 17.2 Å². The number of hydrogen-bond acceptors (Lipinski definition) is 14. The van der Waals surface area contributed by atoms with Crippen LogP contribution >= 0.6 is 0 Å². The zero-order chi connectivity index (χ0) is 48.4. The van der Waals surface area contributed by atoms with E-state index in [2.05, 4.69) is 12.7 Å². The molecule has 7 rings (SSSR count). The van der Waals surface area contributed by atoms with Crippen LogP contribution in [0, 0.1) is 48.1 Å². The molecule has 1 fully saturated rings. The number of nitro benzene ring substituents is 3. The van der Waals surface area contributed by atoms with Crippen LogP contribution in [0.15, 0.2) is 127 Å². The number of carbonyl (C=O) groups excluding carboxylic acids is 1. The van der Waals surface area contributed by atoms with Gasteiger partial charge in [0.2, 0.25) is 11.7 Å². The number of nitrogens with zero attached hydrogens (tertiary/aromatic N) is 5. The van der Waals surface area contributed by atoms with E-state index in [9.17, 15) is 45.4 Å². The number of aliphatic hydroxyl groups excluding tert-OH is 2. The quantitative estimate of drug-likeness (QED) is 0.0246. The number of rotatable bonds is 22. The predicted molar refractivity (Wildman–Crippen MR) is 251 cm³/mol. The predicted octanol–water partition coefficient (Wildman–Crippen LogP) is 9.21. The number of oxime groups is 1. The molecule has 0 spiro atoms. The lowest BCUT2D eigenvalue weighted by molar-refractivity contribution is -0.385. The van der Waals surface area contributed by atoms with Crippen molar-refractivity contribution in [3.05, 3.63) is 168 Å². The molecule has 3 aliphatic rings. The highest BCUT2D eigenvalue weighted by molar-refractivity contribution is 6.03. The van der Waals surface area contributed by atoms with Gasteiger partial charge in [-0.15, -0.1) is 6.58 Å². The average molecular weight is 932 g/mol. The number of hydrogen-bond donors (Lipinski definition) is 2. The SMILES string of the molecule is C=CCOC12Oc3ccc(Oc4cccc([N+](=O)[O-])c4)cc3C3C(CCCCO)C(CCCCO)C=C(C(=NOCc4ccc([N+](=O)[O-])cc4)CC1N(C)C(=O)C=Cc1ccc([N+](=O)[O-])cc1)C32. The molecule has 0 radical (unpaired) electrons. The van der Waals surface area contributed by atoms with Gasteiger partial charge in [0.15, 0.2) is 0 Å². The van der Waals surface area contributed by atoms with Gasteiger partial charge in [0, 0.05) is 74.6 Å². The second-order valence-electron chi connectivity index (χ2n) is 17.0. The Hall–Kier alpha value is -7.28. The summed E-state index contributed by atoms with van der Waals surface area (Å²) in [5.41, 5.74) is 2.93. The first-order valence-corrected chi connectivity index (χ1v) is 22.4. The fourth-order valence-electron chi connectivity index (χ4n) is 9.63. The van der Waals surface area contributed by atoms with Crippen LogP contribution in [-0.4, -0.2) is 80.2 Å². The van der Waals surface area contributed by atoms with E-state index in [0.29, 0.717) is 66.9 Å². The summed E-state index contributed by atoms with van der Waals surface area (Å²) in [4.78, 5) is 54.9. The Morgan fingerprint density at radius 1 is 0.868 bits per heavy atom. The lowest BCUT2D eigenvalue weighted by Gasteiger charge is -2.59. The molecular formula is C50H53N5O13. The Labute approximate surface area is 392 Å². The number of non-ortho nitro benzene ring substituents is 3. The Bertz CT molecular complexity index is 2580. The van der Waals surface area contributed by atoms with Crippen molar-refractivity contribution in [2.75, 3.05) is 26.9 Å². The van der Waals surface area contributed by atoms with Crippen molar-refractivity contribution in [2.24, 2.45) is 22.9 Å². The van der Waals surface area contributed by atoms with Crippen molar-refractivity contribution >= 4 is 34.8 Å². The molecule has 1 saturated carbocycles. The monoisotopic (exact) mass is 931 g/mol. The Balaban J connectivity index is 1.39. The summed E-state index contributed by atoms with van der Waals surface area (Å²) in [6.45, 7) is 3.96. The number of fused-ring (bicyclic) bond motifs is 2. The third-order valence-electron chi connectivity index (χ3n) is 12.8. The van der Waals surface area contributed by atoms with Gasteiger partial charge in [0.1, 0.15) is 29.9 Å². The first-order valence-electron chi connectivity index (χ1n) is 22.4. The standard InChI is InChI=1S/C50H53N5O13/c1-3-27-65-50-46(52(2)47(58)24-17-33-13-18-36(19-14-33)53(59)60)31-44(51-66-32-34-15-20-37(21-16-34)54(61)62)42-28-35(9-4-6-25-56)41(12-5-7-26-57)48(49(42)50)43-30-40(22-23-45(43)68-50)67-39-11-8-10-38(29-39)55(63)64/h3,8,10-11,13-24,28-30,35,41,46,48-49,56-57H,1,4-7,9,12,25-27,31-32H2,2H3. The Morgan fingerprint density at radius 2 is 1.53 bits per heavy atom. The number of allylic oxidation sites excluding steroid dienone is 1. The van der Waals surface area contributed by atoms with Crippen molar-refractivity contribution < 1.29 is 48.8 Å². The van der Waals surface area contributed by atoms with Gasteiger partial charge in [0.05, 0.1) is 39.1 Å². The number of likely N-dealkylation sites (N-methyl/N-ethyl adjacent to an activating group) is 1. The first kappa shape index (κ1) is 48.6. The summed E-state index contributed by atoms with van der Waals surface area (Å²) in [7, 11) is 1.64. The van der Waals surface area contributed by atoms with Crippen LogP contribution in [0.2, 0.25) is 0 Å². The fourth-order valence-corrected chi connectivity index (χ4v) is 9.63. The smallest absolute Gasteiger partial charge is 0.273 e. The van der Waals surface area contributed by atoms with Gasteiger partial charge in [0.25, 0.3) is 17.1 Å². The molecule has 2 aliphatic carbocycles. The van der Waals surface area contributed by atoms with Crippen LogP contribution in [0.3, 0.4) is 0 Å². The lowest BCUT2D eigenvalue weighted by atomic mass is 9.55. The van der Waals surface area contributed by atoms with E-state index in [4.69, 9.17) is 24.2 Å². The third-order valence-corrected chi connectivity index (χ3v) is 12.8. The van der Waals surface area contributed by atoms with E-state index in [1.54, 1.807) is 61.7 Å². The zero-order valence-electron chi connectivity index (χ0n) is 37.5. The van der Waals surface area contributed by atoms with E-state index in [0.717, 1.165) is 11.1 Å². The first-order chi connectivity index (χ1) is 32.9. The summed E-state index contributed by atoms with van der Waals surface area (Å²) in [5, 5.41) is 59.0. The highest BCUT2D eigenvalue weighted by Gasteiger charge is 2.65. The van der Waals surface area contributed by atoms with Gasteiger partial charge in [-0.25, -0.2) is 0 Å². The van der Waals surface area contributed by atoms with Gasteiger partial charge >= 0.3 is 0 Å². The molecule has 18 nitrogen and oxygen atoms in total. The molecule has 18 heteroatoms. The average Bonchev–Trinajstić information content (AvgIpc) is 3.34. The molecule has 1 heterocycles. The maximum atomic E-state index is 14.4. The topological polar surface area (TPSA) is 239 Å². The Kier molecular flexibility index (Phi) is 15.7. The van der Waals surface area contributed by atoms with Crippen LogP contribution in [-0.2, 0) is 21.0 Å². The largest absolute Gasteiger partial charge is 0.459 e. The minimum Gasteiger partial charge on any atom is -0.459 e. The normalized spacial score (nSPS) is 22.0. The molecule has 4 aromatic rings. The molecule has 2 N–H and O–H groups in total. The molecule has 4 aromatic carbocycles. The summed E-state index contributed by atoms with van der Waals surface area (Å²) in [5.74, 6) is -2.16. The fraction of sp³-hybridized carbons (Fsp3) is 0.360. The van der Waals surface area contributed by atoms with Crippen molar-refractivity contribution in [2.45, 2.75) is 69.3 Å². The molecule has 6 atom stereocenters. The zero-order valence-corrected chi connectivity index (χ0v) is 37.5. The van der Waals surface area contributed by atoms with Gasteiger partial charge in [-0.2, -0.15) is 0 Å². The van der Waals surface area contributed by atoms with Gasteiger partial charge < -0.3 is 34.2 Å². The molecule has 0 aromatic heterocycles. The van der Waals surface area contributed by atoms with Crippen LogP contribution < -0.4 is 9.47 Å². The summed E-state index contributed by atoms with van der Waals surface area (Å²) >= 11 is 0. The van der Waals surface area contributed by atoms with Crippen molar-refractivity contribution in [3.63, 3.8) is 0 Å². The number of aliphatic hydroxyl groups is 2. The molecule has 1 aliphatic heterocycles. The van der Waals surface area contributed by atoms with E-state index in [-0.39, 0.29) is 67.5 Å². The highest BCUT2D eigenvalue weighted by atomic mass is 16.7. The minimum absolute atomic E-state index is 0.00432. The minimum atomic E-state index is -1.58. The van der Waals surface area contributed by atoms with Crippen LogP contribution in [0.4, 0.5) is 17.1 Å². The second-order valence-corrected chi connectivity index (χ2v) is 17.0. The van der Waals surface area contributed by atoms with Crippen molar-refractivity contribution in [3.8, 4) is 17.2 Å². The van der Waals surface area contributed by atoms with Crippen LogP contribution in [0.25, 0.3) is 6.08 Å². The summed E-state index contributed by atoms with van der Waals surface area (Å²) in [6, 6.07) is 22.1. The second kappa shape index (κ2) is 22.0. The maximum Gasteiger partial charge on any atom is 0.273 e. The molecular weight excluding hydrogens is 879 g/mol. The molecule has 6 unspecified atom stereocenters. The molecule has 0 saturated heterocycles. The third kappa shape index (κ3) is 10.8. The van der Waals surface area contributed by atoms with Crippen LogP contribution in [0.1, 0.15) is 67.6 Å². The molecule has 0 bridgehead atoms. The van der Waals surface area contributed by atoms with E-state index < -0.39 is 44.3 Å². The number of ether oxygens (including phenoxy) is 3. The number of unbranched alkanes of at least 4 members (excludes halogenated alkanes) is 2. The lowest BCUT2D eigenvalue weighted by Crippen LogP contribution is -2.69. The molecule has 356 valence electrons. The Morgan fingerprint density at radius 3 is 2.19 bits per heavy atom. The number of carbonyl (C=O) groups is 1. The van der Waals surface area contributed by atoms with Gasteiger partial charge in [-0.3, -0.25) is 35.1 Å². The van der Waals surface area contributed by atoms with E-state index in [1.165, 1.54) is 53.4 Å². The highest BCUT2D eigenvalue weighted by Crippen LogP contribution is 2.62. The van der Waals surface area contributed by atoms with Crippen molar-refractivity contribution in [1.29, 1.82) is 0 Å². The maximum absolute atomic E-state index is 14.4. The number of amides is 1. The summed E-state index contributed by atoms with van der Waals surface area (Å²) in [6.07, 6.45) is 10.7. The van der Waals surface area contributed by atoms with Gasteiger partial charge in [-0.1, -0.05) is 36.2 Å². The summed E-state index contributed by atoms with van der Waals surface area (Å²) < 4.78 is 20.4. The van der Waals surface area contributed by atoms with E-state index >= 15 is 0 Å². The van der Waals surface area contributed by atoms with Crippen molar-refractivity contribution in [1.82, 2.24) is 4.90 Å². The van der Waals surface area contributed by atoms with E-state index in [1.807, 2.05) is 6.07 Å².